The van der Waals surface area contributed by atoms with E-state index >= 15 is 0 Å². The van der Waals surface area contributed by atoms with Gasteiger partial charge >= 0.3 is 11.9 Å². The molecule has 1 atom stereocenters. The Kier molecular flexibility index (Phi) is 5.12. The van der Waals surface area contributed by atoms with Gasteiger partial charge in [0.1, 0.15) is 11.8 Å². The van der Waals surface area contributed by atoms with Crippen molar-refractivity contribution in [2.24, 2.45) is 11.1 Å². The van der Waals surface area contributed by atoms with E-state index in [1.165, 1.54) is 0 Å². The molecule has 3 N–H and O–H groups in total. The van der Waals surface area contributed by atoms with Crippen molar-refractivity contribution < 1.29 is 19.4 Å². The minimum atomic E-state index is -0.918. The van der Waals surface area contributed by atoms with Gasteiger partial charge in [-0.15, -0.1) is 0 Å². The van der Waals surface area contributed by atoms with Gasteiger partial charge < -0.3 is 15.6 Å². The van der Waals surface area contributed by atoms with Crippen LogP contribution in [-0.4, -0.2) is 23.1 Å². The molecular formula is C16H23NO4. The molecule has 21 heavy (non-hydrogen) atoms. The van der Waals surface area contributed by atoms with Gasteiger partial charge in [0.15, 0.2) is 0 Å². The smallest absolute Gasteiger partial charge is 0.330 e. The number of carbonyl (C=O) groups is 2. The first kappa shape index (κ1) is 17.2. The number of rotatable bonds is 3. The van der Waals surface area contributed by atoms with E-state index in [1.54, 1.807) is 32.9 Å². The van der Waals surface area contributed by atoms with Crippen LogP contribution in [0.25, 0.3) is 0 Å². The standard InChI is InChI=1S/C16H23NO4/c1-9-6-11(18)7-10(2)12(9)8-13(17)14(19)21-15(20)16(3,4)5/h6-7,13,18H,8,17H2,1-5H3/t13-/m0/s1. The molecule has 0 radical (unpaired) electrons. The monoisotopic (exact) mass is 293 g/mol. The predicted octanol–water partition coefficient (Wildman–Crippen LogP) is 1.99. The maximum absolute atomic E-state index is 11.9. The Labute approximate surface area is 125 Å². The predicted molar refractivity (Wildman–Crippen MR) is 79.8 cm³/mol. The zero-order valence-corrected chi connectivity index (χ0v) is 13.2. The molecule has 0 aromatic heterocycles. The van der Waals surface area contributed by atoms with Crippen LogP contribution in [0.1, 0.15) is 37.5 Å². The number of hydrogen-bond donors (Lipinski definition) is 2. The number of esters is 2. The van der Waals surface area contributed by atoms with Crippen LogP contribution < -0.4 is 5.73 Å². The highest BCUT2D eigenvalue weighted by Crippen LogP contribution is 2.22. The number of phenols is 1. The number of aryl methyl sites for hydroxylation is 2. The fraction of sp³-hybridized carbons (Fsp3) is 0.500. The second-order valence-corrected chi connectivity index (χ2v) is 6.33. The van der Waals surface area contributed by atoms with Crippen molar-refractivity contribution in [2.45, 2.75) is 47.1 Å². The second-order valence-electron chi connectivity index (χ2n) is 6.33. The van der Waals surface area contributed by atoms with Crippen molar-refractivity contribution in [1.29, 1.82) is 0 Å². The van der Waals surface area contributed by atoms with Gasteiger partial charge in [-0.05, 0) is 69.9 Å². The molecule has 1 aromatic carbocycles. The topological polar surface area (TPSA) is 89.6 Å². The zero-order valence-electron chi connectivity index (χ0n) is 13.2. The lowest BCUT2D eigenvalue weighted by Gasteiger charge is -2.18. The van der Waals surface area contributed by atoms with Crippen LogP contribution in [0.2, 0.25) is 0 Å². The average Bonchev–Trinajstić information content (AvgIpc) is 2.31. The number of carbonyl (C=O) groups excluding carboxylic acids is 2. The third-order valence-corrected chi connectivity index (χ3v) is 3.21. The number of nitrogens with two attached hydrogens (primary N) is 1. The number of benzene rings is 1. The van der Waals surface area contributed by atoms with E-state index in [-0.39, 0.29) is 12.2 Å². The van der Waals surface area contributed by atoms with Gasteiger partial charge in [0.05, 0.1) is 5.41 Å². The summed E-state index contributed by atoms with van der Waals surface area (Å²) in [6.45, 7) is 8.67. The van der Waals surface area contributed by atoms with Crippen molar-refractivity contribution in [3.05, 3.63) is 28.8 Å². The molecule has 0 bridgehead atoms. The molecule has 0 fully saturated rings. The van der Waals surface area contributed by atoms with E-state index in [0.29, 0.717) is 0 Å². The Balaban J connectivity index is 2.80. The molecule has 5 heteroatoms. The molecule has 1 rings (SSSR count). The molecule has 0 heterocycles. The normalized spacial score (nSPS) is 12.9. The zero-order chi connectivity index (χ0) is 16.4. The molecule has 0 unspecified atom stereocenters. The molecule has 116 valence electrons. The Morgan fingerprint density at radius 3 is 2.14 bits per heavy atom. The summed E-state index contributed by atoms with van der Waals surface area (Å²) in [7, 11) is 0. The number of hydrogen-bond acceptors (Lipinski definition) is 5. The molecule has 1 aromatic rings. The number of aromatic hydroxyl groups is 1. The fourth-order valence-electron chi connectivity index (χ4n) is 1.92. The Morgan fingerprint density at radius 1 is 1.24 bits per heavy atom. The highest BCUT2D eigenvalue weighted by molar-refractivity contribution is 5.90. The van der Waals surface area contributed by atoms with Crippen molar-refractivity contribution in [3.8, 4) is 5.75 Å². The van der Waals surface area contributed by atoms with Crippen molar-refractivity contribution in [1.82, 2.24) is 0 Å². The minimum absolute atomic E-state index is 0.174. The number of phenolic OH excluding ortho intramolecular Hbond substituents is 1. The SMILES string of the molecule is Cc1cc(O)cc(C)c1C[C@H](N)C(=O)OC(=O)C(C)(C)C. The first-order valence-electron chi connectivity index (χ1n) is 6.83. The lowest BCUT2D eigenvalue weighted by molar-refractivity contribution is -0.166. The largest absolute Gasteiger partial charge is 0.508 e. The summed E-state index contributed by atoms with van der Waals surface area (Å²) in [6.07, 6.45) is 0.258. The van der Waals surface area contributed by atoms with E-state index in [4.69, 9.17) is 10.5 Å². The van der Waals surface area contributed by atoms with Gasteiger partial charge in [-0.2, -0.15) is 0 Å². The lowest BCUT2D eigenvalue weighted by atomic mass is 9.95. The Morgan fingerprint density at radius 2 is 1.71 bits per heavy atom. The van der Waals surface area contributed by atoms with Crippen LogP contribution in [0.15, 0.2) is 12.1 Å². The maximum atomic E-state index is 11.9. The molecular weight excluding hydrogens is 270 g/mol. The van der Waals surface area contributed by atoms with Gasteiger partial charge in [-0.3, -0.25) is 4.79 Å². The highest BCUT2D eigenvalue weighted by atomic mass is 16.6. The summed E-state index contributed by atoms with van der Waals surface area (Å²) in [4.78, 5) is 23.6. The van der Waals surface area contributed by atoms with Crippen molar-refractivity contribution in [3.63, 3.8) is 0 Å². The summed E-state index contributed by atoms with van der Waals surface area (Å²) >= 11 is 0. The number of ether oxygens (including phenoxy) is 1. The molecule has 0 aliphatic heterocycles. The van der Waals surface area contributed by atoms with Gasteiger partial charge in [0, 0.05) is 0 Å². The third-order valence-electron chi connectivity index (χ3n) is 3.21. The van der Waals surface area contributed by atoms with E-state index in [1.807, 2.05) is 13.8 Å². The molecule has 0 saturated heterocycles. The first-order chi connectivity index (χ1) is 9.52. The fourth-order valence-corrected chi connectivity index (χ4v) is 1.92. The van der Waals surface area contributed by atoms with Crippen molar-refractivity contribution in [2.75, 3.05) is 0 Å². The third kappa shape index (κ3) is 4.56. The van der Waals surface area contributed by atoms with Crippen LogP contribution in [0.4, 0.5) is 0 Å². The Hall–Kier alpha value is -1.88. The van der Waals surface area contributed by atoms with Gasteiger partial charge in [0.25, 0.3) is 0 Å². The summed E-state index contributed by atoms with van der Waals surface area (Å²) in [5, 5.41) is 9.50. The van der Waals surface area contributed by atoms with E-state index < -0.39 is 23.4 Å². The van der Waals surface area contributed by atoms with Gasteiger partial charge in [0.2, 0.25) is 0 Å². The molecule has 0 spiro atoms. The molecule has 0 aliphatic carbocycles. The summed E-state index contributed by atoms with van der Waals surface area (Å²) < 4.78 is 4.80. The Bertz CT molecular complexity index is 535. The highest BCUT2D eigenvalue weighted by Gasteiger charge is 2.28. The second kappa shape index (κ2) is 6.26. The molecule has 0 amide bonds. The van der Waals surface area contributed by atoms with Gasteiger partial charge in [-0.1, -0.05) is 0 Å². The lowest BCUT2D eigenvalue weighted by Crippen LogP contribution is -2.38. The van der Waals surface area contributed by atoms with Gasteiger partial charge in [-0.25, -0.2) is 4.79 Å². The van der Waals surface area contributed by atoms with Crippen LogP contribution >= 0.6 is 0 Å². The van der Waals surface area contributed by atoms with Crippen LogP contribution in [0.3, 0.4) is 0 Å². The molecule has 0 aliphatic rings. The summed E-state index contributed by atoms with van der Waals surface area (Å²) in [5.41, 5.74) is 7.64. The molecule has 0 saturated carbocycles. The maximum Gasteiger partial charge on any atom is 0.330 e. The van der Waals surface area contributed by atoms with E-state index in [9.17, 15) is 14.7 Å². The quantitative estimate of drug-likeness (QED) is 0.657. The van der Waals surface area contributed by atoms with Crippen molar-refractivity contribution >= 4 is 11.9 Å². The van der Waals surface area contributed by atoms with Crippen LogP contribution in [0, 0.1) is 19.3 Å². The molecule has 5 nitrogen and oxygen atoms in total. The average molecular weight is 293 g/mol. The van der Waals surface area contributed by atoms with E-state index in [2.05, 4.69) is 0 Å². The minimum Gasteiger partial charge on any atom is -0.508 e. The van der Waals surface area contributed by atoms with E-state index in [0.717, 1.165) is 16.7 Å². The van der Waals surface area contributed by atoms with Crippen LogP contribution in [-0.2, 0) is 20.7 Å². The summed E-state index contributed by atoms with van der Waals surface area (Å²) in [5.74, 6) is -1.16. The summed E-state index contributed by atoms with van der Waals surface area (Å²) in [6, 6.07) is 2.31. The van der Waals surface area contributed by atoms with Crippen LogP contribution in [0.5, 0.6) is 5.75 Å². The first-order valence-corrected chi connectivity index (χ1v) is 6.83.